The van der Waals surface area contributed by atoms with Gasteiger partial charge >= 0.3 is 0 Å². The van der Waals surface area contributed by atoms with Gasteiger partial charge in [0.2, 0.25) is 0 Å². The number of benzene rings is 2. The lowest BCUT2D eigenvalue weighted by molar-refractivity contribution is -0.134. The van der Waals surface area contributed by atoms with E-state index in [1.807, 2.05) is 48.5 Å². The molecule has 5 rings (SSSR count). The summed E-state index contributed by atoms with van der Waals surface area (Å²) in [6, 6.07) is 14.8. The number of nitrogens with zero attached hydrogens (tertiary/aromatic N) is 5. The maximum Gasteiger partial charge on any atom is 0.275 e. The molecule has 2 aliphatic rings. The minimum Gasteiger partial charge on any atom is -0.345 e. The summed E-state index contributed by atoms with van der Waals surface area (Å²) in [5.41, 5.74) is 2.15. The highest BCUT2D eigenvalue weighted by Gasteiger charge is 2.53. The summed E-state index contributed by atoms with van der Waals surface area (Å²) in [5.74, 6) is 1.48. The summed E-state index contributed by atoms with van der Waals surface area (Å²) in [4.78, 5) is 34.5. The van der Waals surface area contributed by atoms with E-state index in [4.69, 9.17) is 16.6 Å². The first kappa shape index (κ1) is 28.9. The van der Waals surface area contributed by atoms with Crippen LogP contribution in [-0.4, -0.2) is 48.7 Å². The Morgan fingerprint density at radius 1 is 1.12 bits per heavy atom. The first-order chi connectivity index (χ1) is 19.6. The van der Waals surface area contributed by atoms with Crippen LogP contribution in [0, 0.1) is 17.8 Å². The average molecular weight is 576 g/mol. The van der Waals surface area contributed by atoms with E-state index < -0.39 is 5.66 Å². The van der Waals surface area contributed by atoms with Crippen LogP contribution in [0.1, 0.15) is 93.2 Å². The van der Waals surface area contributed by atoms with Gasteiger partial charge < -0.3 is 10.2 Å². The molecule has 1 aliphatic heterocycles. The van der Waals surface area contributed by atoms with Crippen LogP contribution >= 0.6 is 11.6 Å². The molecular formula is C31H38ClN7O2. The maximum atomic E-state index is 14.4. The molecule has 2 heterocycles. The smallest absolute Gasteiger partial charge is 0.275 e. The van der Waals surface area contributed by atoms with E-state index in [9.17, 15) is 9.59 Å². The first-order valence-electron chi connectivity index (χ1n) is 14.4. The molecular weight excluding hydrogens is 538 g/mol. The van der Waals surface area contributed by atoms with Crippen LogP contribution in [0.3, 0.4) is 0 Å². The molecule has 216 valence electrons. The van der Waals surface area contributed by atoms with Crippen molar-refractivity contribution >= 4 is 29.1 Å². The highest BCUT2D eigenvalue weighted by molar-refractivity contribution is 6.47. The number of H-pyrrole nitrogens is 1. The lowest BCUT2D eigenvalue weighted by Gasteiger charge is -2.47. The van der Waals surface area contributed by atoms with Crippen LogP contribution in [0.2, 0.25) is 5.02 Å². The zero-order chi connectivity index (χ0) is 29.1. The van der Waals surface area contributed by atoms with Crippen molar-refractivity contribution in [3.63, 3.8) is 0 Å². The third-order valence-corrected chi connectivity index (χ3v) is 8.36. The predicted molar refractivity (Wildman–Crippen MR) is 158 cm³/mol. The molecule has 1 spiro atoms. The van der Waals surface area contributed by atoms with Gasteiger partial charge in [0.15, 0.2) is 5.82 Å². The summed E-state index contributed by atoms with van der Waals surface area (Å²) in [6.45, 7) is 9.11. The van der Waals surface area contributed by atoms with Crippen LogP contribution in [0.4, 0.5) is 0 Å². The molecule has 1 aliphatic carbocycles. The Labute approximate surface area is 246 Å². The van der Waals surface area contributed by atoms with Gasteiger partial charge in [-0.2, -0.15) is 5.21 Å². The van der Waals surface area contributed by atoms with Gasteiger partial charge in [0, 0.05) is 16.1 Å². The summed E-state index contributed by atoms with van der Waals surface area (Å²) >= 11 is 6.34. The Balaban J connectivity index is 1.49. The lowest BCUT2D eigenvalue weighted by atomic mass is 9.75. The molecule has 0 bridgehead atoms. The summed E-state index contributed by atoms with van der Waals surface area (Å²) in [6.07, 6.45) is 4.52. The number of carbonyl (C=O) groups is 2. The second kappa shape index (κ2) is 12.1. The molecule has 2 aromatic carbocycles. The number of hydrogen-bond donors (Lipinski definition) is 2. The quantitative estimate of drug-likeness (QED) is 0.337. The minimum absolute atomic E-state index is 0.0516. The number of rotatable bonds is 9. The zero-order valence-electron chi connectivity index (χ0n) is 24.1. The average Bonchev–Trinajstić information content (AvgIpc) is 3.54. The number of aliphatic imine (C=N–C) groups is 1. The van der Waals surface area contributed by atoms with E-state index in [2.05, 4.69) is 58.5 Å². The fourth-order valence-corrected chi connectivity index (χ4v) is 6.71. The molecule has 3 atom stereocenters. The van der Waals surface area contributed by atoms with Gasteiger partial charge in [-0.3, -0.25) is 14.6 Å². The zero-order valence-corrected chi connectivity index (χ0v) is 24.9. The fraction of sp³-hybridized carbons (Fsp3) is 0.484. The van der Waals surface area contributed by atoms with Gasteiger partial charge in [-0.05, 0) is 79.7 Å². The summed E-state index contributed by atoms with van der Waals surface area (Å²) in [5, 5.41) is 17.0. The molecule has 41 heavy (non-hydrogen) atoms. The first-order valence-corrected chi connectivity index (χ1v) is 14.8. The maximum absolute atomic E-state index is 14.4. The van der Waals surface area contributed by atoms with Gasteiger partial charge in [-0.1, -0.05) is 68.8 Å². The molecule has 0 radical (unpaired) electrons. The molecule has 10 heteroatoms. The Kier molecular flexibility index (Phi) is 8.54. The van der Waals surface area contributed by atoms with Crippen LogP contribution < -0.4 is 5.32 Å². The standard InChI is InChI=1S/C31H38ClN7O2/c1-19(2)8-13-26(22-9-11-23(12-10-22)29(40)33-18-27-35-37-38-36-27)39-30(41)28(24-6-5-7-25(32)15-24)34-31(39)16-20(3)14-21(4)17-31/h5-7,9-12,15,19-21,26H,8,13-14,16-18H2,1-4H3,(H,33,40)(H,35,36,37,38). The Hall–Kier alpha value is -3.59. The van der Waals surface area contributed by atoms with Crippen LogP contribution in [0.15, 0.2) is 53.5 Å². The van der Waals surface area contributed by atoms with E-state index in [0.717, 1.165) is 43.2 Å². The lowest BCUT2D eigenvalue weighted by Crippen LogP contribution is -2.52. The van der Waals surface area contributed by atoms with E-state index >= 15 is 0 Å². The number of tetrazole rings is 1. The highest BCUT2D eigenvalue weighted by Crippen LogP contribution is 2.48. The second-order valence-electron chi connectivity index (χ2n) is 12.1. The SMILES string of the molecule is CC(C)CCC(c1ccc(C(=O)NCc2nn[nH]n2)cc1)N1C(=O)C(c2cccc(Cl)c2)=NC12CC(C)CC(C)C2. The summed E-state index contributed by atoms with van der Waals surface area (Å²) < 4.78 is 0. The Morgan fingerprint density at radius 3 is 2.49 bits per heavy atom. The number of carbonyl (C=O) groups excluding carboxylic acids is 2. The van der Waals surface area contributed by atoms with Crippen molar-refractivity contribution in [1.29, 1.82) is 0 Å². The molecule has 0 saturated heterocycles. The van der Waals surface area contributed by atoms with E-state index in [0.29, 0.717) is 39.9 Å². The molecule has 2 N–H and O–H groups in total. The normalized spacial score (nSPS) is 23.2. The topological polar surface area (TPSA) is 116 Å². The number of amides is 2. The Bertz CT molecular complexity index is 1390. The number of nitrogens with one attached hydrogen (secondary N) is 2. The largest absolute Gasteiger partial charge is 0.345 e. The van der Waals surface area contributed by atoms with Gasteiger partial charge in [0.1, 0.15) is 11.4 Å². The fourth-order valence-electron chi connectivity index (χ4n) is 6.52. The molecule has 3 aromatic rings. The van der Waals surface area contributed by atoms with Crippen molar-refractivity contribution in [2.24, 2.45) is 22.7 Å². The van der Waals surface area contributed by atoms with Gasteiger partial charge in [-0.25, -0.2) is 0 Å². The minimum atomic E-state index is -0.617. The Morgan fingerprint density at radius 2 is 1.85 bits per heavy atom. The number of aromatic nitrogens is 4. The van der Waals surface area contributed by atoms with Crippen molar-refractivity contribution in [1.82, 2.24) is 30.8 Å². The molecule has 2 amide bonds. The van der Waals surface area contributed by atoms with Crippen LogP contribution in [0.5, 0.6) is 0 Å². The number of halogens is 1. The number of hydrogen-bond acceptors (Lipinski definition) is 6. The van der Waals surface area contributed by atoms with Crippen molar-refractivity contribution < 1.29 is 9.59 Å². The molecule has 1 saturated carbocycles. The van der Waals surface area contributed by atoms with Crippen molar-refractivity contribution in [3.05, 3.63) is 76.1 Å². The highest BCUT2D eigenvalue weighted by atomic mass is 35.5. The molecule has 9 nitrogen and oxygen atoms in total. The predicted octanol–water partition coefficient (Wildman–Crippen LogP) is 5.74. The second-order valence-corrected chi connectivity index (χ2v) is 12.5. The van der Waals surface area contributed by atoms with E-state index in [1.54, 1.807) is 0 Å². The molecule has 1 aromatic heterocycles. The molecule has 1 fully saturated rings. The van der Waals surface area contributed by atoms with Gasteiger partial charge in [0.25, 0.3) is 11.8 Å². The third-order valence-electron chi connectivity index (χ3n) is 8.13. The molecule has 3 unspecified atom stereocenters. The van der Waals surface area contributed by atoms with Crippen molar-refractivity contribution in [2.45, 2.75) is 78.0 Å². The van der Waals surface area contributed by atoms with Crippen molar-refractivity contribution in [2.75, 3.05) is 0 Å². The van der Waals surface area contributed by atoms with Crippen LogP contribution in [-0.2, 0) is 11.3 Å². The van der Waals surface area contributed by atoms with Gasteiger partial charge in [0.05, 0.1) is 12.6 Å². The van der Waals surface area contributed by atoms with Crippen LogP contribution in [0.25, 0.3) is 0 Å². The summed E-state index contributed by atoms with van der Waals surface area (Å²) in [7, 11) is 0. The monoisotopic (exact) mass is 575 g/mol. The van der Waals surface area contributed by atoms with Gasteiger partial charge in [-0.15, -0.1) is 10.2 Å². The third kappa shape index (κ3) is 6.35. The number of aromatic amines is 1. The van der Waals surface area contributed by atoms with Crippen molar-refractivity contribution in [3.8, 4) is 0 Å². The van der Waals surface area contributed by atoms with E-state index in [1.165, 1.54) is 0 Å². The van der Waals surface area contributed by atoms with E-state index in [-0.39, 0.29) is 24.4 Å².